The van der Waals surface area contributed by atoms with Crippen LogP contribution in [-0.2, 0) is 28.6 Å². The summed E-state index contributed by atoms with van der Waals surface area (Å²) >= 11 is 0. The molecule has 0 aromatic heterocycles. The molecule has 0 saturated heterocycles. The van der Waals surface area contributed by atoms with Crippen LogP contribution in [0.1, 0.15) is 303 Å². The Kier molecular flexibility index (Phi) is 61.3. The summed E-state index contributed by atoms with van der Waals surface area (Å²) in [6, 6.07) is 0. The van der Waals surface area contributed by atoms with E-state index in [9.17, 15) is 14.4 Å². The second kappa shape index (κ2) is 64.6. The predicted octanol–water partition coefficient (Wildman–Crippen LogP) is 22.2. The molecule has 6 heteroatoms. The van der Waals surface area contributed by atoms with Crippen molar-refractivity contribution in [1.82, 2.24) is 0 Å². The lowest BCUT2D eigenvalue weighted by Crippen LogP contribution is -2.30. The second-order valence-electron chi connectivity index (χ2n) is 21.3. The van der Waals surface area contributed by atoms with Crippen molar-refractivity contribution < 1.29 is 28.6 Å². The van der Waals surface area contributed by atoms with Crippen molar-refractivity contribution in [2.24, 2.45) is 0 Å². The largest absolute Gasteiger partial charge is 0.462 e. The Bertz CT molecular complexity index is 1560. The molecule has 0 aliphatic heterocycles. The minimum absolute atomic E-state index is 0.0985. The van der Waals surface area contributed by atoms with Gasteiger partial charge in [-0.1, -0.05) is 265 Å². The number of allylic oxidation sites excluding steroid dienone is 18. The van der Waals surface area contributed by atoms with E-state index in [0.29, 0.717) is 19.3 Å². The van der Waals surface area contributed by atoms with Gasteiger partial charge in [0.05, 0.1) is 0 Å². The molecule has 0 aliphatic rings. The molecular formula is C71H120O6. The molecule has 0 spiro atoms. The molecule has 1 atom stereocenters. The standard InChI is InChI=1S/C71H120O6/c1-4-7-10-13-16-19-22-25-28-30-32-34-35-37-38-40-43-46-49-52-55-58-61-64-70(73)76-67-68(66-75-69(72)63-60-57-54-51-48-45-42-27-24-21-18-15-12-9-6-3)77-71(74)65-62-59-56-53-50-47-44-41-39-36-33-31-29-26-23-20-17-14-11-8-5-2/h9,12,18,21-23,25-27,30-33,39,41-42,48,51,68H,4-8,10-11,13-17,19-20,24,28-29,34-38,40,43-47,49-50,52-67H2,1-3H3/b12-9-,21-18-,25-22-,26-23-,32-30-,33-31-,41-39-,42-27-,51-48-. The molecule has 0 heterocycles. The molecule has 0 aliphatic carbocycles. The number of hydrogen-bond acceptors (Lipinski definition) is 6. The van der Waals surface area contributed by atoms with Crippen molar-refractivity contribution in [2.75, 3.05) is 13.2 Å². The third-order valence-corrected chi connectivity index (χ3v) is 13.7. The van der Waals surface area contributed by atoms with Gasteiger partial charge in [0, 0.05) is 19.3 Å². The van der Waals surface area contributed by atoms with Crippen molar-refractivity contribution >= 4 is 17.9 Å². The van der Waals surface area contributed by atoms with E-state index in [0.717, 1.165) is 116 Å². The van der Waals surface area contributed by atoms with E-state index in [4.69, 9.17) is 14.2 Å². The highest BCUT2D eigenvalue weighted by Crippen LogP contribution is 2.15. The Morgan fingerprint density at radius 3 is 0.818 bits per heavy atom. The highest BCUT2D eigenvalue weighted by atomic mass is 16.6. The number of ether oxygens (including phenoxy) is 3. The summed E-state index contributed by atoms with van der Waals surface area (Å²) in [6.45, 7) is 6.48. The fourth-order valence-electron chi connectivity index (χ4n) is 8.88. The van der Waals surface area contributed by atoms with Gasteiger partial charge in [-0.15, -0.1) is 0 Å². The normalized spacial score (nSPS) is 12.8. The van der Waals surface area contributed by atoms with Gasteiger partial charge in [-0.25, -0.2) is 0 Å². The first-order valence-corrected chi connectivity index (χ1v) is 32.4. The summed E-state index contributed by atoms with van der Waals surface area (Å²) in [6.07, 6.45) is 88.1. The van der Waals surface area contributed by atoms with Crippen LogP contribution < -0.4 is 0 Å². The fourth-order valence-corrected chi connectivity index (χ4v) is 8.88. The van der Waals surface area contributed by atoms with Crippen LogP contribution >= 0.6 is 0 Å². The second-order valence-corrected chi connectivity index (χ2v) is 21.3. The summed E-state index contributed by atoms with van der Waals surface area (Å²) in [5.74, 6) is -0.950. The van der Waals surface area contributed by atoms with Crippen molar-refractivity contribution in [3.8, 4) is 0 Å². The maximum Gasteiger partial charge on any atom is 0.306 e. The molecule has 0 bridgehead atoms. The molecule has 0 rings (SSSR count). The Morgan fingerprint density at radius 2 is 0.506 bits per heavy atom. The first-order chi connectivity index (χ1) is 38.0. The summed E-state index contributed by atoms with van der Waals surface area (Å²) in [5, 5.41) is 0. The third kappa shape index (κ3) is 62.8. The van der Waals surface area contributed by atoms with Crippen LogP contribution in [0.25, 0.3) is 0 Å². The van der Waals surface area contributed by atoms with Crippen LogP contribution in [0.15, 0.2) is 109 Å². The van der Waals surface area contributed by atoms with Crippen molar-refractivity contribution in [3.05, 3.63) is 109 Å². The van der Waals surface area contributed by atoms with E-state index in [-0.39, 0.29) is 31.1 Å². The van der Waals surface area contributed by atoms with Gasteiger partial charge in [0.1, 0.15) is 13.2 Å². The van der Waals surface area contributed by atoms with Gasteiger partial charge >= 0.3 is 17.9 Å². The Labute approximate surface area is 476 Å². The molecule has 0 radical (unpaired) electrons. The van der Waals surface area contributed by atoms with Crippen molar-refractivity contribution in [1.29, 1.82) is 0 Å². The number of esters is 3. The molecule has 0 fully saturated rings. The predicted molar refractivity (Wildman–Crippen MR) is 334 cm³/mol. The van der Waals surface area contributed by atoms with E-state index >= 15 is 0 Å². The topological polar surface area (TPSA) is 78.9 Å². The van der Waals surface area contributed by atoms with Gasteiger partial charge < -0.3 is 14.2 Å². The van der Waals surface area contributed by atoms with Gasteiger partial charge in [-0.2, -0.15) is 0 Å². The molecule has 6 nitrogen and oxygen atoms in total. The lowest BCUT2D eigenvalue weighted by molar-refractivity contribution is -0.167. The molecule has 440 valence electrons. The van der Waals surface area contributed by atoms with Gasteiger partial charge in [0.25, 0.3) is 0 Å². The summed E-state index contributed by atoms with van der Waals surface area (Å²) in [5.41, 5.74) is 0. The molecule has 0 amide bonds. The molecule has 1 unspecified atom stereocenters. The minimum Gasteiger partial charge on any atom is -0.462 e. The molecule has 0 saturated carbocycles. The van der Waals surface area contributed by atoms with E-state index in [1.54, 1.807) is 0 Å². The third-order valence-electron chi connectivity index (χ3n) is 13.7. The highest BCUT2D eigenvalue weighted by molar-refractivity contribution is 5.71. The first kappa shape index (κ1) is 73.1. The lowest BCUT2D eigenvalue weighted by Gasteiger charge is -2.18. The summed E-state index contributed by atoms with van der Waals surface area (Å²) in [7, 11) is 0. The SMILES string of the molecule is CC/C=C\C/C=C\C/C=C\C/C=C\CCCCC(=O)OCC(COC(=O)CCCCCCCCCCCCC/C=C\C/C=C\CCCCCCC)OC(=O)CCCCCCCC/C=C\C/C=C\C/C=C\CCCCCCC. The van der Waals surface area contributed by atoms with E-state index in [1.807, 2.05) is 0 Å². The number of rotatable bonds is 58. The van der Waals surface area contributed by atoms with E-state index in [1.165, 1.54) is 148 Å². The fraction of sp³-hybridized carbons (Fsp3) is 0.704. The quantitative estimate of drug-likeness (QED) is 0.0261. The Hall–Kier alpha value is -3.93. The molecule has 0 aromatic rings. The number of carbonyl (C=O) groups excluding carboxylic acids is 3. The van der Waals surface area contributed by atoms with Crippen LogP contribution in [0.3, 0.4) is 0 Å². The zero-order valence-corrected chi connectivity index (χ0v) is 50.4. The lowest BCUT2D eigenvalue weighted by atomic mass is 10.0. The van der Waals surface area contributed by atoms with Gasteiger partial charge in [-0.3, -0.25) is 14.4 Å². The smallest absolute Gasteiger partial charge is 0.306 e. The number of unbranched alkanes of at least 4 members (excludes halogenated alkanes) is 29. The van der Waals surface area contributed by atoms with E-state index < -0.39 is 6.10 Å². The Balaban J connectivity index is 4.42. The van der Waals surface area contributed by atoms with Crippen molar-refractivity contribution in [3.63, 3.8) is 0 Å². The molecule has 0 aromatic carbocycles. The maximum atomic E-state index is 12.9. The van der Waals surface area contributed by atoms with Crippen LogP contribution in [0.2, 0.25) is 0 Å². The monoisotopic (exact) mass is 1070 g/mol. The molecule has 0 N–H and O–H groups in total. The maximum absolute atomic E-state index is 12.9. The average molecular weight is 1070 g/mol. The van der Waals surface area contributed by atoms with Gasteiger partial charge in [0.15, 0.2) is 6.10 Å². The average Bonchev–Trinajstić information content (AvgIpc) is 3.43. The summed E-state index contributed by atoms with van der Waals surface area (Å²) in [4.78, 5) is 38.3. The Morgan fingerprint density at radius 1 is 0.273 bits per heavy atom. The van der Waals surface area contributed by atoms with Crippen LogP contribution in [0.5, 0.6) is 0 Å². The van der Waals surface area contributed by atoms with Crippen LogP contribution in [0.4, 0.5) is 0 Å². The first-order valence-electron chi connectivity index (χ1n) is 32.4. The van der Waals surface area contributed by atoms with E-state index in [2.05, 4.69) is 130 Å². The zero-order valence-electron chi connectivity index (χ0n) is 50.4. The number of hydrogen-bond donors (Lipinski definition) is 0. The van der Waals surface area contributed by atoms with Crippen LogP contribution in [-0.4, -0.2) is 37.2 Å². The highest BCUT2D eigenvalue weighted by Gasteiger charge is 2.19. The van der Waals surface area contributed by atoms with Crippen LogP contribution in [0, 0.1) is 0 Å². The molecule has 77 heavy (non-hydrogen) atoms. The zero-order chi connectivity index (χ0) is 55.7. The van der Waals surface area contributed by atoms with Crippen molar-refractivity contribution in [2.45, 2.75) is 309 Å². The van der Waals surface area contributed by atoms with Gasteiger partial charge in [0.2, 0.25) is 0 Å². The molecular weight excluding hydrogens is 949 g/mol. The number of carbonyl (C=O) groups is 3. The summed E-state index contributed by atoms with van der Waals surface area (Å²) < 4.78 is 16.9. The van der Waals surface area contributed by atoms with Gasteiger partial charge in [-0.05, 0) is 128 Å². The minimum atomic E-state index is -0.807.